The van der Waals surface area contributed by atoms with E-state index >= 15 is 0 Å². The molecule has 5 nitrogen and oxygen atoms in total. The van der Waals surface area contributed by atoms with Crippen molar-refractivity contribution < 1.29 is 4.74 Å². The van der Waals surface area contributed by atoms with Crippen LogP contribution in [0.4, 0.5) is 5.69 Å². The monoisotopic (exact) mass is 471 g/mol. The van der Waals surface area contributed by atoms with E-state index in [1.807, 2.05) is 30.3 Å². The molecule has 1 aromatic carbocycles. The zero-order valence-corrected chi connectivity index (χ0v) is 19.4. The maximum Gasteiger partial charge on any atom is 0.254 e. The number of nitrogens with zero attached hydrogens (tertiary/aromatic N) is 2. The number of anilines is 1. The second-order valence-electron chi connectivity index (χ2n) is 7.03. The Hall–Kier alpha value is -2.61. The number of ether oxygens (including phenoxy) is 1. The van der Waals surface area contributed by atoms with E-state index in [0.29, 0.717) is 29.9 Å². The molecule has 0 aliphatic rings. The van der Waals surface area contributed by atoms with Crippen molar-refractivity contribution in [3.63, 3.8) is 0 Å². The van der Waals surface area contributed by atoms with Crippen molar-refractivity contribution in [2.75, 3.05) is 11.9 Å². The number of pyridine rings is 1. The molecule has 0 saturated heterocycles. The van der Waals surface area contributed by atoms with Gasteiger partial charge in [-0.05, 0) is 41.6 Å². The van der Waals surface area contributed by atoms with Crippen LogP contribution in [0.15, 0.2) is 65.0 Å². The molecule has 4 rings (SSSR count). The van der Waals surface area contributed by atoms with Crippen molar-refractivity contribution in [1.29, 1.82) is 0 Å². The number of benzene rings is 1. The number of nitrogens with one attached hydrogen (secondary N) is 1. The van der Waals surface area contributed by atoms with E-state index in [-0.39, 0.29) is 5.56 Å². The molecule has 0 aliphatic heterocycles. The van der Waals surface area contributed by atoms with Gasteiger partial charge in [0.2, 0.25) is 0 Å². The molecule has 0 bridgehead atoms. The van der Waals surface area contributed by atoms with E-state index in [9.17, 15) is 4.79 Å². The van der Waals surface area contributed by atoms with Crippen LogP contribution in [0.2, 0.25) is 4.47 Å². The highest BCUT2D eigenvalue weighted by Gasteiger charge is 2.08. The largest absolute Gasteiger partial charge is 0.493 e. The third kappa shape index (κ3) is 5.76. The molecule has 0 spiro atoms. The molecule has 8 heteroatoms. The average molecular weight is 472 g/mol. The Labute approximate surface area is 193 Å². The lowest BCUT2D eigenvalue weighted by atomic mass is 10.1. The van der Waals surface area contributed by atoms with Crippen LogP contribution in [-0.2, 0) is 19.5 Å². The van der Waals surface area contributed by atoms with Crippen LogP contribution in [0.25, 0.3) is 0 Å². The Bertz CT molecular complexity index is 1200. The fourth-order valence-corrected chi connectivity index (χ4v) is 4.82. The van der Waals surface area contributed by atoms with Crippen LogP contribution < -0.4 is 15.6 Å². The smallest absolute Gasteiger partial charge is 0.254 e. The van der Waals surface area contributed by atoms with Crippen molar-refractivity contribution in [1.82, 2.24) is 9.55 Å². The van der Waals surface area contributed by atoms with Crippen LogP contribution in [0, 0.1) is 6.92 Å². The normalized spacial score (nSPS) is 10.9. The van der Waals surface area contributed by atoms with E-state index in [1.165, 1.54) is 16.2 Å². The lowest BCUT2D eigenvalue weighted by molar-refractivity contribution is 0.321. The summed E-state index contributed by atoms with van der Waals surface area (Å²) in [5, 5.41) is 5.49. The summed E-state index contributed by atoms with van der Waals surface area (Å²) in [7, 11) is 0. The van der Waals surface area contributed by atoms with Crippen molar-refractivity contribution in [3.05, 3.63) is 95.9 Å². The van der Waals surface area contributed by atoms with Gasteiger partial charge >= 0.3 is 0 Å². The van der Waals surface area contributed by atoms with E-state index in [4.69, 9.17) is 16.3 Å². The van der Waals surface area contributed by atoms with Crippen molar-refractivity contribution in [2.45, 2.75) is 26.4 Å². The minimum atomic E-state index is -0.0781. The Kier molecular flexibility index (Phi) is 7.06. The van der Waals surface area contributed by atoms with Gasteiger partial charge in [0, 0.05) is 40.3 Å². The number of hydrogen-bond acceptors (Lipinski definition) is 6. The summed E-state index contributed by atoms with van der Waals surface area (Å²) in [5.41, 5.74) is 3.15. The Balaban J connectivity index is 1.39. The van der Waals surface area contributed by atoms with E-state index in [2.05, 4.69) is 28.7 Å². The quantitative estimate of drug-likeness (QED) is 0.344. The SMILES string of the molecule is Cc1c(Cn2ccc(OCCc3cccs3)cc2=O)cccc1NCc1cnc(Cl)s1. The Morgan fingerprint density at radius 2 is 2.10 bits per heavy atom. The van der Waals surface area contributed by atoms with Gasteiger partial charge < -0.3 is 14.6 Å². The number of thiazole rings is 1. The molecule has 3 heterocycles. The van der Waals surface area contributed by atoms with Crippen LogP contribution >= 0.6 is 34.3 Å². The lowest BCUT2D eigenvalue weighted by Gasteiger charge is -2.14. The molecule has 4 aromatic rings. The van der Waals surface area contributed by atoms with Crippen molar-refractivity contribution in [3.8, 4) is 5.75 Å². The predicted octanol–water partition coefficient (Wildman–Crippen LogP) is 5.61. The summed E-state index contributed by atoms with van der Waals surface area (Å²) in [6.07, 6.45) is 4.41. The Morgan fingerprint density at radius 3 is 2.84 bits per heavy atom. The predicted molar refractivity (Wildman–Crippen MR) is 129 cm³/mol. The maximum absolute atomic E-state index is 12.6. The number of aromatic nitrogens is 2. The van der Waals surface area contributed by atoms with Gasteiger partial charge in [0.15, 0.2) is 4.47 Å². The van der Waals surface area contributed by atoms with Crippen molar-refractivity contribution >= 4 is 40.0 Å². The molecule has 1 N–H and O–H groups in total. The first-order valence-corrected chi connectivity index (χ1v) is 11.9. The second kappa shape index (κ2) is 10.1. The van der Waals surface area contributed by atoms with E-state index in [1.54, 1.807) is 34.4 Å². The van der Waals surface area contributed by atoms with Gasteiger partial charge in [-0.25, -0.2) is 4.98 Å². The molecular formula is C23H22ClN3O2S2. The molecule has 0 aliphatic carbocycles. The molecule has 3 aromatic heterocycles. The van der Waals surface area contributed by atoms with Gasteiger partial charge in [-0.15, -0.1) is 22.7 Å². The lowest BCUT2D eigenvalue weighted by Crippen LogP contribution is -2.20. The summed E-state index contributed by atoms with van der Waals surface area (Å²) in [6, 6.07) is 13.6. The molecule has 160 valence electrons. The van der Waals surface area contributed by atoms with Gasteiger partial charge in [-0.1, -0.05) is 29.8 Å². The summed E-state index contributed by atoms with van der Waals surface area (Å²) in [4.78, 5) is 19.0. The molecular weight excluding hydrogens is 450 g/mol. The molecule has 0 fully saturated rings. The number of rotatable bonds is 9. The summed E-state index contributed by atoms with van der Waals surface area (Å²) < 4.78 is 7.99. The van der Waals surface area contributed by atoms with Gasteiger partial charge in [-0.3, -0.25) is 4.79 Å². The molecule has 0 unspecified atom stereocenters. The second-order valence-corrected chi connectivity index (χ2v) is 9.76. The number of halogens is 1. The molecule has 31 heavy (non-hydrogen) atoms. The van der Waals surface area contributed by atoms with Crippen LogP contribution in [-0.4, -0.2) is 16.2 Å². The molecule has 0 saturated carbocycles. The van der Waals surface area contributed by atoms with Gasteiger partial charge in [0.05, 0.1) is 19.7 Å². The van der Waals surface area contributed by atoms with E-state index < -0.39 is 0 Å². The topological polar surface area (TPSA) is 56.1 Å². The van der Waals surface area contributed by atoms with Crippen LogP contribution in [0.1, 0.15) is 20.9 Å². The summed E-state index contributed by atoms with van der Waals surface area (Å²) in [6.45, 7) is 3.78. The standard InChI is InChI=1S/C23H22ClN3O2S2/c1-16-17(4-2-6-21(16)25-13-20-14-26-23(24)31-20)15-27-9-7-18(12-22(27)28)29-10-8-19-5-3-11-30-19/h2-7,9,11-12,14,25H,8,10,13,15H2,1H3. The van der Waals surface area contributed by atoms with Crippen molar-refractivity contribution in [2.24, 2.45) is 0 Å². The fourth-order valence-electron chi connectivity index (χ4n) is 3.21. The highest BCUT2D eigenvalue weighted by atomic mass is 35.5. The average Bonchev–Trinajstić information content (AvgIpc) is 3.42. The highest BCUT2D eigenvalue weighted by molar-refractivity contribution is 7.15. The minimum Gasteiger partial charge on any atom is -0.493 e. The molecule has 0 amide bonds. The number of thiophene rings is 1. The first-order chi connectivity index (χ1) is 15.1. The molecule has 0 radical (unpaired) electrons. The summed E-state index contributed by atoms with van der Waals surface area (Å²) in [5.74, 6) is 0.605. The van der Waals surface area contributed by atoms with Gasteiger partial charge in [0.25, 0.3) is 5.56 Å². The van der Waals surface area contributed by atoms with Crippen LogP contribution in [0.5, 0.6) is 5.75 Å². The maximum atomic E-state index is 12.6. The first-order valence-electron chi connectivity index (χ1n) is 9.87. The zero-order valence-electron chi connectivity index (χ0n) is 17.0. The third-order valence-electron chi connectivity index (χ3n) is 4.93. The third-order valence-corrected chi connectivity index (χ3v) is 6.98. The Morgan fingerprint density at radius 1 is 1.19 bits per heavy atom. The number of hydrogen-bond donors (Lipinski definition) is 1. The zero-order chi connectivity index (χ0) is 21.6. The van der Waals surface area contributed by atoms with Crippen LogP contribution in [0.3, 0.4) is 0 Å². The van der Waals surface area contributed by atoms with Gasteiger partial charge in [-0.2, -0.15) is 0 Å². The summed E-state index contributed by atoms with van der Waals surface area (Å²) >= 11 is 9.08. The molecule has 0 atom stereocenters. The van der Waals surface area contributed by atoms with E-state index in [0.717, 1.165) is 28.1 Å². The fraction of sp³-hybridized carbons (Fsp3) is 0.217. The minimum absolute atomic E-state index is 0.0781. The first kappa shape index (κ1) is 21.6. The van der Waals surface area contributed by atoms with Gasteiger partial charge in [0.1, 0.15) is 5.75 Å². The highest BCUT2D eigenvalue weighted by Crippen LogP contribution is 2.23.